The lowest BCUT2D eigenvalue weighted by Gasteiger charge is -2.16. The van der Waals surface area contributed by atoms with Crippen LogP contribution in [-0.4, -0.2) is 22.1 Å². The van der Waals surface area contributed by atoms with Gasteiger partial charge in [-0.05, 0) is 49.1 Å². The predicted octanol–water partition coefficient (Wildman–Crippen LogP) is 5.06. The molecule has 1 unspecified atom stereocenters. The van der Waals surface area contributed by atoms with Gasteiger partial charge in [-0.15, -0.1) is 11.3 Å². The molecule has 2 aromatic heterocycles. The number of aryl methyl sites for hydroxylation is 1. The number of para-hydroxylation sites is 3. The first-order chi connectivity index (χ1) is 14.2. The molecule has 1 atom stereocenters. The van der Waals surface area contributed by atoms with Crippen LogP contribution in [0.1, 0.15) is 34.9 Å². The molecule has 0 spiro atoms. The molecule has 0 bridgehead atoms. The molecule has 0 aliphatic rings. The molecule has 4 rings (SSSR count). The van der Waals surface area contributed by atoms with E-state index < -0.39 is 0 Å². The van der Waals surface area contributed by atoms with Gasteiger partial charge in [-0.3, -0.25) is 4.79 Å². The quantitative estimate of drug-likeness (QED) is 0.417. The van der Waals surface area contributed by atoms with E-state index in [2.05, 4.69) is 16.0 Å². The largest absolute Gasteiger partial charge is 0.494 e. The molecule has 0 aliphatic carbocycles. The monoisotopic (exact) mass is 405 g/mol. The van der Waals surface area contributed by atoms with E-state index in [0.29, 0.717) is 11.5 Å². The van der Waals surface area contributed by atoms with E-state index in [1.807, 2.05) is 73.0 Å². The minimum Gasteiger partial charge on any atom is -0.494 e. The van der Waals surface area contributed by atoms with Gasteiger partial charge < -0.3 is 14.6 Å². The second-order valence-corrected chi connectivity index (χ2v) is 7.75. The molecule has 148 valence electrons. The molecule has 1 N–H and O–H groups in total. The van der Waals surface area contributed by atoms with Crippen LogP contribution in [0, 0.1) is 0 Å². The van der Waals surface area contributed by atoms with Crippen LogP contribution in [0.4, 0.5) is 0 Å². The van der Waals surface area contributed by atoms with Crippen molar-refractivity contribution in [3.63, 3.8) is 0 Å². The lowest BCUT2D eigenvalue weighted by molar-refractivity contribution is 0.0941. The SMILES string of the molecule is CC(NC(=O)c1cccs1)c1nc2ccccc2n1CCCOc1ccccc1. The zero-order chi connectivity index (χ0) is 20.1. The second-order valence-electron chi connectivity index (χ2n) is 6.80. The van der Waals surface area contributed by atoms with E-state index in [1.54, 1.807) is 0 Å². The Morgan fingerprint density at radius 3 is 2.69 bits per heavy atom. The number of nitrogens with one attached hydrogen (secondary N) is 1. The van der Waals surface area contributed by atoms with E-state index in [1.165, 1.54) is 11.3 Å². The van der Waals surface area contributed by atoms with Gasteiger partial charge in [0.1, 0.15) is 11.6 Å². The van der Waals surface area contributed by atoms with Crippen LogP contribution in [-0.2, 0) is 6.54 Å². The maximum absolute atomic E-state index is 12.5. The smallest absolute Gasteiger partial charge is 0.261 e. The summed E-state index contributed by atoms with van der Waals surface area (Å²) in [6.07, 6.45) is 0.841. The Kier molecular flexibility index (Phi) is 5.91. The Balaban J connectivity index is 1.48. The molecule has 4 aromatic rings. The minimum atomic E-state index is -0.202. The summed E-state index contributed by atoms with van der Waals surface area (Å²) in [6.45, 7) is 3.36. The molecule has 0 aliphatic heterocycles. The third-order valence-corrected chi connectivity index (χ3v) is 5.57. The van der Waals surface area contributed by atoms with Crippen LogP contribution in [0.15, 0.2) is 72.1 Å². The van der Waals surface area contributed by atoms with Gasteiger partial charge in [-0.25, -0.2) is 4.98 Å². The number of fused-ring (bicyclic) bond motifs is 1. The molecule has 2 aromatic carbocycles. The van der Waals surface area contributed by atoms with E-state index in [4.69, 9.17) is 9.72 Å². The number of carbonyl (C=O) groups is 1. The van der Waals surface area contributed by atoms with Crippen LogP contribution >= 0.6 is 11.3 Å². The number of hydrogen-bond donors (Lipinski definition) is 1. The number of rotatable bonds is 8. The highest BCUT2D eigenvalue weighted by molar-refractivity contribution is 7.12. The zero-order valence-electron chi connectivity index (χ0n) is 16.2. The summed E-state index contributed by atoms with van der Waals surface area (Å²) in [4.78, 5) is 18.0. The molecular weight excluding hydrogens is 382 g/mol. The third kappa shape index (κ3) is 4.49. The molecule has 0 saturated carbocycles. The summed E-state index contributed by atoms with van der Waals surface area (Å²) in [5.74, 6) is 1.66. The molecule has 5 nitrogen and oxygen atoms in total. The highest BCUT2D eigenvalue weighted by Gasteiger charge is 2.19. The number of carbonyl (C=O) groups excluding carboxylic acids is 1. The van der Waals surface area contributed by atoms with E-state index >= 15 is 0 Å². The van der Waals surface area contributed by atoms with E-state index in [9.17, 15) is 4.79 Å². The van der Waals surface area contributed by atoms with Gasteiger partial charge in [-0.1, -0.05) is 36.4 Å². The summed E-state index contributed by atoms with van der Waals surface area (Å²) in [6, 6.07) is 21.4. The molecule has 2 heterocycles. The fourth-order valence-corrected chi connectivity index (χ4v) is 3.96. The number of benzene rings is 2. The number of hydrogen-bond acceptors (Lipinski definition) is 4. The maximum Gasteiger partial charge on any atom is 0.261 e. The Labute approximate surface area is 174 Å². The fraction of sp³-hybridized carbons (Fsp3) is 0.217. The van der Waals surface area contributed by atoms with E-state index in [0.717, 1.165) is 35.6 Å². The van der Waals surface area contributed by atoms with Gasteiger partial charge in [0, 0.05) is 6.54 Å². The standard InChI is InChI=1S/C23H23N3O2S/c1-17(24-23(27)21-13-7-16-29-21)22-25-19-11-5-6-12-20(19)26(22)14-8-15-28-18-9-3-2-4-10-18/h2-7,9-13,16-17H,8,14-15H2,1H3,(H,24,27). The van der Waals surface area contributed by atoms with Crippen LogP contribution in [0.2, 0.25) is 0 Å². The molecule has 29 heavy (non-hydrogen) atoms. The summed E-state index contributed by atoms with van der Waals surface area (Å²) in [5.41, 5.74) is 2.00. The highest BCUT2D eigenvalue weighted by atomic mass is 32.1. The van der Waals surface area contributed by atoms with Crippen molar-refractivity contribution in [3.8, 4) is 5.75 Å². The Morgan fingerprint density at radius 2 is 1.90 bits per heavy atom. The molecule has 1 amide bonds. The number of aromatic nitrogens is 2. The van der Waals surface area contributed by atoms with Gasteiger partial charge in [0.05, 0.1) is 28.6 Å². The first-order valence-electron chi connectivity index (χ1n) is 9.70. The van der Waals surface area contributed by atoms with Gasteiger partial charge in [-0.2, -0.15) is 0 Å². The lowest BCUT2D eigenvalue weighted by atomic mass is 10.2. The van der Waals surface area contributed by atoms with Crippen molar-refractivity contribution >= 4 is 28.3 Å². The topological polar surface area (TPSA) is 56.2 Å². The Hall–Kier alpha value is -3.12. The number of imidazole rings is 1. The third-order valence-electron chi connectivity index (χ3n) is 4.70. The number of nitrogens with zero attached hydrogens (tertiary/aromatic N) is 2. The van der Waals surface area contributed by atoms with Crippen molar-refractivity contribution in [2.45, 2.75) is 25.9 Å². The second kappa shape index (κ2) is 8.92. The van der Waals surface area contributed by atoms with E-state index in [-0.39, 0.29) is 11.9 Å². The van der Waals surface area contributed by atoms with Crippen molar-refractivity contribution < 1.29 is 9.53 Å². The summed E-state index contributed by atoms with van der Waals surface area (Å²) >= 11 is 1.44. The first kappa shape index (κ1) is 19.2. The number of thiophene rings is 1. The number of amides is 1. The van der Waals surface area contributed by atoms with Crippen LogP contribution in [0.5, 0.6) is 5.75 Å². The highest BCUT2D eigenvalue weighted by Crippen LogP contribution is 2.22. The van der Waals surface area contributed by atoms with Crippen LogP contribution < -0.4 is 10.1 Å². The van der Waals surface area contributed by atoms with Gasteiger partial charge in [0.15, 0.2) is 0 Å². The summed E-state index contributed by atoms with van der Waals surface area (Å²) in [7, 11) is 0. The van der Waals surface area contributed by atoms with Gasteiger partial charge in [0.2, 0.25) is 0 Å². The predicted molar refractivity (Wildman–Crippen MR) is 116 cm³/mol. The fourth-order valence-electron chi connectivity index (χ4n) is 3.33. The van der Waals surface area contributed by atoms with Crippen molar-refractivity contribution in [2.24, 2.45) is 0 Å². The average molecular weight is 406 g/mol. The van der Waals surface area contributed by atoms with Gasteiger partial charge in [0.25, 0.3) is 5.91 Å². The van der Waals surface area contributed by atoms with Gasteiger partial charge >= 0.3 is 0 Å². The normalized spacial score (nSPS) is 12.0. The average Bonchev–Trinajstić information content (AvgIpc) is 3.40. The van der Waals surface area contributed by atoms with Crippen molar-refractivity contribution in [1.82, 2.24) is 14.9 Å². The molecule has 0 fully saturated rings. The van der Waals surface area contributed by atoms with Crippen molar-refractivity contribution in [1.29, 1.82) is 0 Å². The minimum absolute atomic E-state index is 0.0708. The zero-order valence-corrected chi connectivity index (χ0v) is 17.1. The Bertz CT molecular complexity index is 1070. The maximum atomic E-state index is 12.5. The van der Waals surface area contributed by atoms with Crippen LogP contribution in [0.3, 0.4) is 0 Å². The van der Waals surface area contributed by atoms with Crippen LogP contribution in [0.25, 0.3) is 11.0 Å². The molecule has 0 radical (unpaired) electrons. The number of ether oxygens (including phenoxy) is 1. The first-order valence-corrected chi connectivity index (χ1v) is 10.6. The molecular formula is C23H23N3O2S. The molecule has 0 saturated heterocycles. The summed E-state index contributed by atoms with van der Waals surface area (Å²) in [5, 5.41) is 4.98. The lowest BCUT2D eigenvalue weighted by Crippen LogP contribution is -2.28. The Morgan fingerprint density at radius 1 is 1.10 bits per heavy atom. The molecule has 6 heteroatoms. The summed E-state index contributed by atoms with van der Waals surface area (Å²) < 4.78 is 8.01. The van der Waals surface area contributed by atoms with Crippen molar-refractivity contribution in [3.05, 3.63) is 82.8 Å². The van der Waals surface area contributed by atoms with Crippen molar-refractivity contribution in [2.75, 3.05) is 6.61 Å².